The Labute approximate surface area is 119 Å². The second kappa shape index (κ2) is 6.75. The molecule has 0 aromatic heterocycles. The molecule has 0 spiro atoms. The third kappa shape index (κ3) is 3.51. The molecule has 0 aliphatic carbocycles. The molecule has 1 aliphatic heterocycles. The number of hydrogen-bond acceptors (Lipinski definition) is 4. The molecular weight excluding hydrogens is 260 g/mol. The molecule has 0 unspecified atom stereocenters. The van der Waals surface area contributed by atoms with Gasteiger partial charge in [-0.05, 0) is 25.0 Å². The number of thioether (sulfide) groups is 1. The topological polar surface area (TPSA) is 49.7 Å². The first-order chi connectivity index (χ1) is 9.18. The van der Waals surface area contributed by atoms with Gasteiger partial charge in [0.1, 0.15) is 0 Å². The maximum Gasteiger partial charge on any atom is 0.0739 e. The fourth-order valence-corrected chi connectivity index (χ4v) is 4.00. The van der Waals surface area contributed by atoms with E-state index in [0.29, 0.717) is 13.2 Å². The molecule has 2 rings (SSSR count). The zero-order valence-corrected chi connectivity index (χ0v) is 12.1. The van der Waals surface area contributed by atoms with E-state index in [1.165, 1.54) is 0 Å². The van der Waals surface area contributed by atoms with E-state index in [2.05, 4.69) is 12.1 Å². The number of aliphatic hydroxyl groups is 2. The molecular formula is C15H22O3S. The van der Waals surface area contributed by atoms with Gasteiger partial charge in [-0.2, -0.15) is 0 Å². The highest BCUT2D eigenvalue weighted by Gasteiger charge is 2.42. The van der Waals surface area contributed by atoms with Gasteiger partial charge in [0.05, 0.1) is 10.9 Å². The van der Waals surface area contributed by atoms with Gasteiger partial charge in [-0.25, -0.2) is 0 Å². The largest absolute Gasteiger partial charge is 0.396 e. The average Bonchev–Trinajstić information content (AvgIpc) is 2.47. The SMILES string of the molecule is C[C@@H](CO)[C@@H](O)C1(Sc2ccccc2)CCOCC1. The van der Waals surface area contributed by atoms with Crippen LogP contribution < -0.4 is 0 Å². The van der Waals surface area contributed by atoms with Gasteiger partial charge in [0, 0.05) is 30.6 Å². The zero-order chi connectivity index (χ0) is 13.7. The van der Waals surface area contributed by atoms with E-state index in [1.54, 1.807) is 11.8 Å². The van der Waals surface area contributed by atoms with E-state index in [9.17, 15) is 10.2 Å². The van der Waals surface area contributed by atoms with Crippen molar-refractivity contribution in [2.75, 3.05) is 19.8 Å². The Kier molecular flexibility index (Phi) is 5.28. The first-order valence-electron chi connectivity index (χ1n) is 6.79. The minimum Gasteiger partial charge on any atom is -0.396 e. The normalized spacial score (nSPS) is 21.8. The van der Waals surface area contributed by atoms with Crippen LogP contribution in [0.1, 0.15) is 19.8 Å². The second-order valence-electron chi connectivity index (χ2n) is 5.20. The molecule has 0 amide bonds. The number of aliphatic hydroxyl groups excluding tert-OH is 2. The van der Waals surface area contributed by atoms with Crippen LogP contribution in [0, 0.1) is 5.92 Å². The van der Waals surface area contributed by atoms with Crippen molar-refractivity contribution in [3.05, 3.63) is 30.3 Å². The highest BCUT2D eigenvalue weighted by molar-refractivity contribution is 8.00. The Bertz CT molecular complexity index is 376. The quantitative estimate of drug-likeness (QED) is 0.870. The molecule has 4 heteroatoms. The molecule has 19 heavy (non-hydrogen) atoms. The van der Waals surface area contributed by atoms with Crippen molar-refractivity contribution in [3.8, 4) is 0 Å². The molecule has 2 N–H and O–H groups in total. The third-order valence-electron chi connectivity index (χ3n) is 3.77. The highest BCUT2D eigenvalue weighted by Crippen LogP contribution is 2.44. The first-order valence-corrected chi connectivity index (χ1v) is 7.60. The Balaban J connectivity index is 2.19. The van der Waals surface area contributed by atoms with Crippen molar-refractivity contribution in [1.82, 2.24) is 0 Å². The van der Waals surface area contributed by atoms with Crippen molar-refractivity contribution >= 4 is 11.8 Å². The fourth-order valence-electron chi connectivity index (χ4n) is 2.52. The highest BCUT2D eigenvalue weighted by atomic mass is 32.2. The molecule has 0 bridgehead atoms. The summed E-state index contributed by atoms with van der Waals surface area (Å²) in [7, 11) is 0. The monoisotopic (exact) mass is 282 g/mol. The third-order valence-corrected chi connectivity index (χ3v) is 5.33. The minimum atomic E-state index is -0.522. The summed E-state index contributed by atoms with van der Waals surface area (Å²) < 4.78 is 5.19. The summed E-state index contributed by atoms with van der Waals surface area (Å²) in [5.41, 5.74) is 0. The molecule has 3 nitrogen and oxygen atoms in total. The van der Waals surface area contributed by atoms with Crippen molar-refractivity contribution < 1.29 is 14.9 Å². The first kappa shape index (κ1) is 14.9. The van der Waals surface area contributed by atoms with Crippen LogP contribution in [0.15, 0.2) is 35.2 Å². The van der Waals surface area contributed by atoms with Gasteiger partial charge in [-0.15, -0.1) is 11.8 Å². The molecule has 0 saturated carbocycles. The standard InChI is InChI=1S/C15H22O3S/c1-12(11-16)14(17)15(7-9-18-10-8-15)19-13-5-3-2-4-6-13/h2-6,12,14,16-17H,7-11H2,1H3/t12-,14+/m0/s1. The summed E-state index contributed by atoms with van der Waals surface area (Å²) in [4.78, 5) is 1.16. The van der Waals surface area contributed by atoms with Gasteiger partial charge in [-0.3, -0.25) is 0 Å². The van der Waals surface area contributed by atoms with Crippen molar-refractivity contribution in [1.29, 1.82) is 0 Å². The van der Waals surface area contributed by atoms with E-state index in [4.69, 9.17) is 4.74 Å². The maximum atomic E-state index is 10.6. The van der Waals surface area contributed by atoms with E-state index in [0.717, 1.165) is 17.7 Å². The Morgan fingerprint density at radius 3 is 2.47 bits per heavy atom. The predicted octanol–water partition coefficient (Wildman–Crippen LogP) is 2.32. The smallest absolute Gasteiger partial charge is 0.0739 e. The lowest BCUT2D eigenvalue weighted by atomic mass is 9.86. The molecule has 0 radical (unpaired) electrons. The fraction of sp³-hybridized carbons (Fsp3) is 0.600. The van der Waals surface area contributed by atoms with E-state index >= 15 is 0 Å². The van der Waals surface area contributed by atoms with Crippen LogP contribution in [0.3, 0.4) is 0 Å². The van der Waals surface area contributed by atoms with Crippen LogP contribution in [0.2, 0.25) is 0 Å². The lowest BCUT2D eigenvalue weighted by Gasteiger charge is -2.42. The van der Waals surface area contributed by atoms with Crippen LogP contribution in [-0.2, 0) is 4.74 Å². The van der Waals surface area contributed by atoms with Crippen LogP contribution in [0.4, 0.5) is 0 Å². The van der Waals surface area contributed by atoms with Gasteiger partial charge < -0.3 is 14.9 Å². The molecule has 1 heterocycles. The van der Waals surface area contributed by atoms with Gasteiger partial charge in [0.15, 0.2) is 0 Å². The lowest BCUT2D eigenvalue weighted by molar-refractivity contribution is -0.00777. The molecule has 1 aromatic rings. The molecule has 1 aliphatic rings. The zero-order valence-electron chi connectivity index (χ0n) is 11.3. The van der Waals surface area contributed by atoms with Crippen molar-refractivity contribution in [2.24, 2.45) is 5.92 Å². The summed E-state index contributed by atoms with van der Waals surface area (Å²) in [6.45, 7) is 3.26. The molecule has 1 saturated heterocycles. The minimum absolute atomic E-state index is 0.0130. The molecule has 106 valence electrons. The lowest BCUT2D eigenvalue weighted by Crippen LogP contribution is -2.48. The summed E-state index contributed by atoms with van der Waals surface area (Å²) in [5, 5.41) is 19.9. The van der Waals surface area contributed by atoms with Gasteiger partial charge in [0.25, 0.3) is 0 Å². The van der Waals surface area contributed by atoms with E-state index < -0.39 is 6.10 Å². The Hall–Kier alpha value is -0.550. The number of ether oxygens (including phenoxy) is 1. The van der Waals surface area contributed by atoms with E-state index in [1.807, 2.05) is 25.1 Å². The molecule has 1 fully saturated rings. The summed E-state index contributed by atoms with van der Waals surface area (Å²) in [5.74, 6) is -0.116. The summed E-state index contributed by atoms with van der Waals surface area (Å²) in [6.07, 6.45) is 1.11. The summed E-state index contributed by atoms with van der Waals surface area (Å²) in [6, 6.07) is 10.2. The van der Waals surface area contributed by atoms with Crippen molar-refractivity contribution in [2.45, 2.75) is 35.5 Å². The predicted molar refractivity (Wildman–Crippen MR) is 77.3 cm³/mol. The number of benzene rings is 1. The molecule has 2 atom stereocenters. The second-order valence-corrected chi connectivity index (χ2v) is 6.69. The van der Waals surface area contributed by atoms with Crippen LogP contribution >= 0.6 is 11.8 Å². The Morgan fingerprint density at radius 2 is 1.89 bits per heavy atom. The summed E-state index contributed by atoms with van der Waals surface area (Å²) >= 11 is 1.72. The van der Waals surface area contributed by atoms with E-state index in [-0.39, 0.29) is 17.3 Å². The number of rotatable bonds is 5. The van der Waals surface area contributed by atoms with Crippen LogP contribution in [0.25, 0.3) is 0 Å². The van der Waals surface area contributed by atoms with Crippen LogP contribution in [0.5, 0.6) is 0 Å². The Morgan fingerprint density at radius 1 is 1.26 bits per heavy atom. The van der Waals surface area contributed by atoms with Gasteiger partial charge >= 0.3 is 0 Å². The van der Waals surface area contributed by atoms with Crippen LogP contribution in [-0.4, -0.2) is 40.9 Å². The molecule has 1 aromatic carbocycles. The van der Waals surface area contributed by atoms with Gasteiger partial charge in [0.2, 0.25) is 0 Å². The maximum absolute atomic E-state index is 10.6. The number of hydrogen-bond donors (Lipinski definition) is 2. The van der Waals surface area contributed by atoms with Gasteiger partial charge in [-0.1, -0.05) is 25.1 Å². The van der Waals surface area contributed by atoms with Crippen molar-refractivity contribution in [3.63, 3.8) is 0 Å². The average molecular weight is 282 g/mol.